The van der Waals surface area contributed by atoms with Gasteiger partial charge in [-0.1, -0.05) is 56.3 Å². The largest absolute Gasteiger partial charge is 0.444 e. The maximum atomic E-state index is 14.4. The SMILES string of the molecule is CC1=C(C)C(=O)C(CCC(=O)NCCCC[C@H](NC(=O)[C@@H]2CCCN2C(=O)[C@H](/C=C/[C@H](CC(C)C)NC(=O)OC(C)(C)C)Cc2ccccc2)C(=O)NC(C)C)=CC1=O. The first-order valence-electron chi connectivity index (χ1n) is 21.1. The number of unbranched alkanes of at least 4 members (excludes halogenated alkanes) is 1. The highest BCUT2D eigenvalue weighted by molar-refractivity contribution is 6.22. The van der Waals surface area contributed by atoms with Crippen molar-refractivity contribution in [1.82, 2.24) is 26.2 Å². The molecule has 1 fully saturated rings. The van der Waals surface area contributed by atoms with E-state index in [1.54, 1.807) is 39.5 Å². The Balaban J connectivity index is 1.67. The van der Waals surface area contributed by atoms with Gasteiger partial charge in [-0.25, -0.2) is 4.79 Å². The minimum atomic E-state index is -0.851. The van der Waals surface area contributed by atoms with Gasteiger partial charge in [-0.2, -0.15) is 0 Å². The Morgan fingerprint density at radius 2 is 1.61 bits per heavy atom. The second-order valence-corrected chi connectivity index (χ2v) is 17.4. The van der Waals surface area contributed by atoms with Crippen LogP contribution in [0.15, 0.2) is 65.3 Å². The van der Waals surface area contributed by atoms with E-state index in [4.69, 9.17) is 4.74 Å². The molecule has 0 bridgehead atoms. The lowest BCUT2D eigenvalue weighted by Gasteiger charge is -2.29. The van der Waals surface area contributed by atoms with E-state index in [1.807, 2.05) is 56.3 Å². The van der Waals surface area contributed by atoms with Gasteiger partial charge >= 0.3 is 6.09 Å². The summed E-state index contributed by atoms with van der Waals surface area (Å²) in [7, 11) is 0. The Kier molecular flexibility index (Phi) is 18.8. The van der Waals surface area contributed by atoms with Crippen LogP contribution in [0.3, 0.4) is 0 Å². The summed E-state index contributed by atoms with van der Waals surface area (Å²) in [6.45, 7) is 17.1. The second kappa shape index (κ2) is 22.9. The Labute approximate surface area is 350 Å². The second-order valence-electron chi connectivity index (χ2n) is 17.4. The highest BCUT2D eigenvalue weighted by atomic mass is 16.6. The highest BCUT2D eigenvalue weighted by Gasteiger charge is 2.38. The fourth-order valence-corrected chi connectivity index (χ4v) is 7.12. The number of amides is 5. The zero-order valence-corrected chi connectivity index (χ0v) is 36.6. The van der Waals surface area contributed by atoms with Crippen molar-refractivity contribution in [3.05, 3.63) is 70.8 Å². The number of Topliss-reactive ketones (excluding diaryl/α,β-unsaturated/α-hetero) is 1. The Morgan fingerprint density at radius 1 is 0.915 bits per heavy atom. The minimum absolute atomic E-state index is 0.0623. The van der Waals surface area contributed by atoms with Crippen LogP contribution in [0, 0.1) is 11.8 Å². The molecular weight excluding hydrogens is 751 g/mol. The number of benzene rings is 1. The van der Waals surface area contributed by atoms with Crippen LogP contribution in [0.25, 0.3) is 0 Å². The molecule has 0 unspecified atom stereocenters. The predicted molar refractivity (Wildman–Crippen MR) is 228 cm³/mol. The van der Waals surface area contributed by atoms with E-state index in [1.165, 1.54) is 6.08 Å². The van der Waals surface area contributed by atoms with Gasteiger partial charge in [-0.15, -0.1) is 0 Å². The predicted octanol–water partition coefficient (Wildman–Crippen LogP) is 5.82. The van der Waals surface area contributed by atoms with Crippen molar-refractivity contribution in [1.29, 1.82) is 0 Å². The van der Waals surface area contributed by atoms with Crippen molar-refractivity contribution in [2.24, 2.45) is 11.8 Å². The molecule has 1 saturated heterocycles. The number of hydrogen-bond acceptors (Lipinski definition) is 8. The van der Waals surface area contributed by atoms with Crippen LogP contribution >= 0.6 is 0 Å². The third-order valence-corrected chi connectivity index (χ3v) is 10.3. The van der Waals surface area contributed by atoms with E-state index in [2.05, 4.69) is 35.1 Å². The van der Waals surface area contributed by atoms with E-state index in [0.717, 1.165) is 5.56 Å². The average Bonchev–Trinajstić information content (AvgIpc) is 3.65. The quantitative estimate of drug-likeness (QED) is 0.0722. The Bertz CT molecular complexity index is 1760. The van der Waals surface area contributed by atoms with Crippen molar-refractivity contribution in [2.75, 3.05) is 13.1 Å². The van der Waals surface area contributed by atoms with Crippen LogP contribution in [0.2, 0.25) is 0 Å². The highest BCUT2D eigenvalue weighted by Crippen LogP contribution is 2.25. The standard InChI is InChI=1S/C46H67N5O8/c1-29(2)26-36(49-45(58)59-46(7,8)9)22-20-35(27-33-16-11-10-12-17-33)44(57)51-25-15-19-38(51)43(56)50-37(42(55)48-30(3)4)18-13-14-24-47-40(53)23-21-34-28-39(52)31(5)32(6)41(34)54/h10-12,16-17,20,22,28-30,35-38H,13-15,18-19,21,23-27H2,1-9H3,(H,47,53)(H,48,55)(H,49,58)(H,50,56)/b22-20+/t35-,36-,37+,38+/m1/s1. The number of ether oxygens (including phenoxy) is 1. The van der Waals surface area contributed by atoms with Gasteiger partial charge in [0.05, 0.1) is 12.0 Å². The van der Waals surface area contributed by atoms with Gasteiger partial charge in [0.1, 0.15) is 17.7 Å². The number of carbonyl (C=O) groups is 7. The summed E-state index contributed by atoms with van der Waals surface area (Å²) in [5, 5.41) is 11.6. The number of carbonyl (C=O) groups excluding carboxylic acids is 7. The fourth-order valence-electron chi connectivity index (χ4n) is 7.12. The summed E-state index contributed by atoms with van der Waals surface area (Å²) in [6.07, 6.45) is 8.15. The molecule has 4 N–H and O–H groups in total. The summed E-state index contributed by atoms with van der Waals surface area (Å²) in [5.74, 6) is -1.98. The zero-order valence-electron chi connectivity index (χ0n) is 36.6. The lowest BCUT2D eigenvalue weighted by Crippen LogP contribution is -2.54. The molecule has 0 spiro atoms. The fraction of sp³-hybridized carbons (Fsp3) is 0.587. The van der Waals surface area contributed by atoms with Crippen LogP contribution < -0.4 is 21.3 Å². The van der Waals surface area contributed by atoms with Crippen molar-refractivity contribution in [3.8, 4) is 0 Å². The van der Waals surface area contributed by atoms with Crippen LogP contribution in [0.4, 0.5) is 4.79 Å². The van der Waals surface area contributed by atoms with E-state index in [-0.39, 0.29) is 60.1 Å². The summed E-state index contributed by atoms with van der Waals surface area (Å²) in [4.78, 5) is 93.2. The molecule has 4 atom stereocenters. The maximum Gasteiger partial charge on any atom is 0.408 e. The Hall–Kier alpha value is -5.07. The molecule has 13 heteroatoms. The summed E-state index contributed by atoms with van der Waals surface area (Å²) in [5.41, 5.74) is 1.44. The van der Waals surface area contributed by atoms with Crippen LogP contribution in [-0.2, 0) is 39.9 Å². The molecule has 13 nitrogen and oxygen atoms in total. The molecule has 1 aromatic carbocycles. The van der Waals surface area contributed by atoms with Gasteiger partial charge < -0.3 is 30.9 Å². The average molecular weight is 818 g/mol. The normalized spacial score (nSPS) is 17.5. The molecule has 1 aromatic rings. The number of nitrogens with zero attached hydrogens (tertiary/aromatic N) is 1. The van der Waals surface area contributed by atoms with Gasteiger partial charge in [0.25, 0.3) is 0 Å². The van der Waals surface area contributed by atoms with E-state index in [0.29, 0.717) is 74.8 Å². The molecular formula is C46H67N5O8. The van der Waals surface area contributed by atoms with Gasteiger partial charge in [0, 0.05) is 42.3 Å². The molecule has 324 valence electrons. The van der Waals surface area contributed by atoms with Gasteiger partial charge in [0.15, 0.2) is 11.6 Å². The molecule has 5 amide bonds. The lowest BCUT2D eigenvalue weighted by atomic mass is 9.89. The van der Waals surface area contributed by atoms with Crippen molar-refractivity contribution in [3.63, 3.8) is 0 Å². The molecule has 1 aliphatic carbocycles. The number of likely N-dealkylation sites (tertiary alicyclic amines) is 1. The van der Waals surface area contributed by atoms with Crippen molar-refractivity contribution < 1.29 is 38.3 Å². The summed E-state index contributed by atoms with van der Waals surface area (Å²) in [6, 6.07) is 7.49. The number of allylic oxidation sites excluding steroid dienone is 4. The van der Waals surface area contributed by atoms with Crippen LogP contribution in [-0.4, -0.2) is 89.0 Å². The Morgan fingerprint density at radius 3 is 2.25 bits per heavy atom. The number of hydrogen-bond donors (Lipinski definition) is 4. The summed E-state index contributed by atoms with van der Waals surface area (Å²) >= 11 is 0. The monoisotopic (exact) mass is 817 g/mol. The molecule has 0 saturated carbocycles. The molecule has 0 aromatic heterocycles. The summed E-state index contributed by atoms with van der Waals surface area (Å²) < 4.78 is 5.51. The zero-order chi connectivity index (χ0) is 43.9. The van der Waals surface area contributed by atoms with Crippen LogP contribution in [0.1, 0.15) is 119 Å². The third-order valence-electron chi connectivity index (χ3n) is 10.3. The molecule has 3 rings (SSSR count). The van der Waals surface area contributed by atoms with Crippen LogP contribution in [0.5, 0.6) is 0 Å². The van der Waals surface area contributed by atoms with Gasteiger partial charge in [0.2, 0.25) is 23.6 Å². The number of nitrogens with one attached hydrogen (secondary N) is 4. The lowest BCUT2D eigenvalue weighted by molar-refractivity contribution is -0.141. The topological polar surface area (TPSA) is 180 Å². The van der Waals surface area contributed by atoms with Gasteiger partial charge in [-0.05, 0) is 117 Å². The van der Waals surface area contributed by atoms with E-state index >= 15 is 0 Å². The minimum Gasteiger partial charge on any atom is -0.444 e. The smallest absolute Gasteiger partial charge is 0.408 e. The number of rotatable bonds is 20. The first-order valence-corrected chi connectivity index (χ1v) is 21.1. The first kappa shape index (κ1) is 48.3. The maximum absolute atomic E-state index is 14.4. The number of ketones is 2. The molecule has 1 heterocycles. The van der Waals surface area contributed by atoms with E-state index < -0.39 is 35.6 Å². The molecule has 59 heavy (non-hydrogen) atoms. The number of alkyl carbamates (subject to hydrolysis) is 1. The first-order chi connectivity index (χ1) is 27.7. The van der Waals surface area contributed by atoms with E-state index in [9.17, 15) is 33.6 Å². The van der Waals surface area contributed by atoms with Crippen molar-refractivity contribution >= 4 is 41.3 Å². The molecule has 2 aliphatic rings. The van der Waals surface area contributed by atoms with Crippen molar-refractivity contribution in [2.45, 2.75) is 150 Å². The third kappa shape index (κ3) is 16.2. The van der Waals surface area contributed by atoms with Gasteiger partial charge in [-0.3, -0.25) is 28.8 Å². The molecule has 1 aliphatic heterocycles. The molecule has 0 radical (unpaired) electrons.